The van der Waals surface area contributed by atoms with Crippen LogP contribution in [0.4, 0.5) is 0 Å². The second kappa shape index (κ2) is 8.03. The highest BCUT2D eigenvalue weighted by Gasteiger charge is 2.29. The summed E-state index contributed by atoms with van der Waals surface area (Å²) in [6.45, 7) is 6.30. The lowest BCUT2D eigenvalue weighted by atomic mass is 9.76. The van der Waals surface area contributed by atoms with Crippen LogP contribution >= 0.6 is 0 Å². The van der Waals surface area contributed by atoms with Crippen LogP contribution in [0, 0.1) is 5.92 Å². The number of ether oxygens (including phenoxy) is 1. The summed E-state index contributed by atoms with van der Waals surface area (Å²) < 4.78 is 34.3. The number of hydrogen-bond acceptors (Lipinski definition) is 4. The van der Waals surface area contributed by atoms with Gasteiger partial charge < -0.3 is 4.74 Å². The van der Waals surface area contributed by atoms with Gasteiger partial charge in [0, 0.05) is 18.0 Å². The quantitative estimate of drug-likeness (QED) is 0.673. The van der Waals surface area contributed by atoms with Gasteiger partial charge in [0.1, 0.15) is 13.0 Å². The summed E-state index contributed by atoms with van der Waals surface area (Å²) in [5.41, 5.74) is 0.984. The third-order valence-corrected chi connectivity index (χ3v) is 6.30. The summed E-state index contributed by atoms with van der Waals surface area (Å²) >= 11 is 0. The van der Waals surface area contributed by atoms with Crippen molar-refractivity contribution in [1.82, 2.24) is 9.71 Å². The fourth-order valence-electron chi connectivity index (χ4n) is 2.81. The molecule has 0 bridgehead atoms. The van der Waals surface area contributed by atoms with E-state index in [2.05, 4.69) is 9.71 Å². The van der Waals surface area contributed by atoms with E-state index in [9.17, 15) is 8.42 Å². The van der Waals surface area contributed by atoms with Crippen molar-refractivity contribution in [3.05, 3.63) is 53.9 Å². The molecule has 0 saturated heterocycles. The first-order chi connectivity index (χ1) is 12.8. The molecular weight excluding hydrogens is 359 g/mol. The third kappa shape index (κ3) is 5.33. The van der Waals surface area contributed by atoms with Gasteiger partial charge in [0.05, 0.1) is 17.0 Å². The minimum absolute atomic E-state index is 0.203. The highest BCUT2D eigenvalue weighted by molar-refractivity contribution is 7.89. The van der Waals surface area contributed by atoms with Gasteiger partial charge in [-0.2, -0.15) is 0 Å². The first-order valence-electron chi connectivity index (χ1n) is 9.30. The summed E-state index contributed by atoms with van der Waals surface area (Å²) in [5.74, 6) is 1.20. The van der Waals surface area contributed by atoms with E-state index in [1.54, 1.807) is 30.5 Å². The molecule has 143 valence electrons. The van der Waals surface area contributed by atoms with Gasteiger partial charge in [0.2, 0.25) is 10.0 Å². The highest BCUT2D eigenvalue weighted by atomic mass is 32.2. The minimum Gasteiger partial charge on any atom is -0.493 e. The average Bonchev–Trinajstić information content (AvgIpc) is 3.45. The van der Waals surface area contributed by atoms with Gasteiger partial charge in [-0.1, -0.05) is 19.0 Å². The lowest BCUT2D eigenvalue weighted by molar-refractivity contribution is 0.299. The molecule has 1 radical (unpaired) electrons. The molecule has 0 spiro atoms. The molecule has 1 saturated carbocycles. The van der Waals surface area contributed by atoms with Crippen LogP contribution in [0.5, 0.6) is 5.75 Å². The van der Waals surface area contributed by atoms with Crippen molar-refractivity contribution in [2.24, 2.45) is 5.92 Å². The van der Waals surface area contributed by atoms with E-state index in [0.717, 1.165) is 17.6 Å². The van der Waals surface area contributed by atoms with Crippen LogP contribution in [-0.2, 0) is 21.9 Å². The van der Waals surface area contributed by atoms with Crippen molar-refractivity contribution in [2.75, 3.05) is 6.61 Å². The van der Waals surface area contributed by atoms with E-state index in [0.29, 0.717) is 18.3 Å². The largest absolute Gasteiger partial charge is 0.493 e. The number of sulfonamides is 1. The van der Waals surface area contributed by atoms with Crippen molar-refractivity contribution in [1.29, 1.82) is 0 Å². The first-order valence-corrected chi connectivity index (χ1v) is 10.8. The van der Waals surface area contributed by atoms with E-state index < -0.39 is 15.6 Å². The van der Waals surface area contributed by atoms with Crippen LogP contribution in [0.25, 0.3) is 0 Å². The Morgan fingerprint density at radius 1 is 1.26 bits per heavy atom. The van der Waals surface area contributed by atoms with Crippen molar-refractivity contribution >= 4 is 17.3 Å². The third-order valence-electron chi connectivity index (χ3n) is 4.65. The Kier molecular flexibility index (Phi) is 5.91. The van der Waals surface area contributed by atoms with Gasteiger partial charge in [0.25, 0.3) is 0 Å². The zero-order valence-electron chi connectivity index (χ0n) is 16.1. The zero-order chi connectivity index (χ0) is 19.5. The van der Waals surface area contributed by atoms with Crippen molar-refractivity contribution < 1.29 is 13.2 Å². The Balaban J connectivity index is 1.74. The maximum atomic E-state index is 12.9. The van der Waals surface area contributed by atoms with E-state index in [1.807, 2.05) is 40.1 Å². The van der Waals surface area contributed by atoms with Crippen LogP contribution < -0.4 is 9.46 Å². The van der Waals surface area contributed by atoms with Crippen LogP contribution in [0.2, 0.25) is 6.82 Å². The topological polar surface area (TPSA) is 68.3 Å². The molecule has 3 rings (SSSR count). The molecule has 0 amide bonds. The maximum Gasteiger partial charge on any atom is 0.241 e. The standard InChI is InChI=1S/C20H26BN2O3S/c1-20(2,16-9-10-17(12-21-3)22-13-16)23-27(24,25)19-6-4-5-18(11-19)26-14-15-7-8-15/h4-6,9-11,13,15,23H,7-8,12,14H2,1-3H3. The molecule has 0 aliphatic heterocycles. The molecule has 1 heterocycles. The molecule has 1 N–H and O–H groups in total. The van der Waals surface area contributed by atoms with E-state index in [-0.39, 0.29) is 4.90 Å². The minimum atomic E-state index is -3.70. The van der Waals surface area contributed by atoms with Crippen LogP contribution in [-0.4, -0.2) is 27.3 Å². The number of nitrogens with zero attached hydrogens (tertiary/aromatic N) is 1. The molecule has 1 aliphatic carbocycles. The molecule has 1 aliphatic rings. The van der Waals surface area contributed by atoms with Gasteiger partial charge in [-0.3, -0.25) is 4.98 Å². The van der Waals surface area contributed by atoms with Crippen molar-refractivity contribution in [3.63, 3.8) is 0 Å². The second-order valence-electron chi connectivity index (χ2n) is 7.61. The molecule has 7 heteroatoms. The van der Waals surface area contributed by atoms with Crippen LogP contribution in [0.3, 0.4) is 0 Å². The lowest BCUT2D eigenvalue weighted by Crippen LogP contribution is -2.41. The maximum absolute atomic E-state index is 12.9. The molecule has 27 heavy (non-hydrogen) atoms. The number of nitrogens with one attached hydrogen (secondary N) is 1. The second-order valence-corrected chi connectivity index (χ2v) is 9.29. The molecule has 5 nitrogen and oxygen atoms in total. The van der Waals surface area contributed by atoms with E-state index >= 15 is 0 Å². The van der Waals surface area contributed by atoms with Gasteiger partial charge in [-0.25, -0.2) is 13.1 Å². The smallest absolute Gasteiger partial charge is 0.241 e. The number of hydrogen-bond donors (Lipinski definition) is 1. The Morgan fingerprint density at radius 2 is 2.04 bits per heavy atom. The molecule has 2 aromatic rings. The van der Waals surface area contributed by atoms with Crippen LogP contribution in [0.15, 0.2) is 47.5 Å². The highest BCUT2D eigenvalue weighted by Crippen LogP contribution is 2.30. The summed E-state index contributed by atoms with van der Waals surface area (Å²) in [6.07, 6.45) is 4.91. The fourth-order valence-corrected chi connectivity index (χ4v) is 4.24. The van der Waals surface area contributed by atoms with Gasteiger partial charge >= 0.3 is 0 Å². The zero-order valence-corrected chi connectivity index (χ0v) is 16.9. The summed E-state index contributed by atoms with van der Waals surface area (Å²) in [7, 11) is -1.66. The fraction of sp³-hybridized carbons (Fsp3) is 0.450. The number of pyridine rings is 1. The van der Waals surface area contributed by atoms with E-state index in [1.165, 1.54) is 12.8 Å². The Bertz CT molecular complexity index is 878. The summed E-state index contributed by atoms with van der Waals surface area (Å²) in [5, 5.41) is 0. The van der Waals surface area contributed by atoms with Crippen molar-refractivity contribution in [3.8, 4) is 5.75 Å². The molecule has 1 aromatic heterocycles. The molecule has 1 fully saturated rings. The normalized spacial score (nSPS) is 14.8. The number of rotatable bonds is 9. The molecular formula is C20H26BN2O3S. The Hall–Kier alpha value is -1.86. The predicted octanol–water partition coefficient (Wildman–Crippen LogP) is 3.34. The Morgan fingerprint density at radius 3 is 2.67 bits per heavy atom. The number of benzene rings is 1. The molecule has 0 unspecified atom stereocenters. The first kappa shape index (κ1) is 19.9. The number of aromatic nitrogens is 1. The van der Waals surface area contributed by atoms with Gasteiger partial charge in [0.15, 0.2) is 0 Å². The SMILES string of the molecule is C[B]Cc1ccc(C(C)(C)NS(=O)(=O)c2cccc(OCC3CC3)c2)cn1. The average molecular weight is 385 g/mol. The molecule has 0 atom stereocenters. The van der Waals surface area contributed by atoms with Gasteiger partial charge in [-0.15, -0.1) is 0 Å². The predicted molar refractivity (Wildman–Crippen MR) is 108 cm³/mol. The van der Waals surface area contributed by atoms with Crippen LogP contribution in [0.1, 0.15) is 37.9 Å². The van der Waals surface area contributed by atoms with Crippen molar-refractivity contribution in [2.45, 2.75) is 50.3 Å². The summed E-state index contributed by atoms with van der Waals surface area (Å²) in [6, 6.07) is 10.5. The van der Waals surface area contributed by atoms with Gasteiger partial charge in [-0.05, 0) is 62.7 Å². The Labute approximate surface area is 162 Å². The van der Waals surface area contributed by atoms with E-state index in [4.69, 9.17) is 4.74 Å². The monoisotopic (exact) mass is 385 g/mol. The lowest BCUT2D eigenvalue weighted by Gasteiger charge is -2.26. The summed E-state index contributed by atoms with van der Waals surface area (Å²) in [4.78, 5) is 4.62. The molecule has 1 aromatic carbocycles.